The van der Waals surface area contributed by atoms with E-state index < -0.39 is 0 Å². The normalized spacial score (nSPS) is 10.9. The number of hydrogen-bond donors (Lipinski definition) is 2. The number of carbonyl (C=O) groups is 1. The number of halogens is 1. The fourth-order valence-corrected chi connectivity index (χ4v) is 3.98. The molecule has 0 atom stereocenters. The molecular weight excluding hydrogens is 444 g/mol. The summed E-state index contributed by atoms with van der Waals surface area (Å²) >= 11 is 6.01. The molecule has 0 aliphatic rings. The molecule has 1 amide bonds. The van der Waals surface area contributed by atoms with E-state index in [1.165, 1.54) is 0 Å². The van der Waals surface area contributed by atoms with Gasteiger partial charge >= 0.3 is 0 Å². The molecule has 0 unspecified atom stereocenters. The maximum Gasteiger partial charge on any atom is 0.224 e. The van der Waals surface area contributed by atoms with Gasteiger partial charge in [0.2, 0.25) is 5.91 Å². The number of amides is 1. The monoisotopic (exact) mass is 472 g/mol. The van der Waals surface area contributed by atoms with Gasteiger partial charge in [0.1, 0.15) is 12.4 Å². The molecule has 34 heavy (non-hydrogen) atoms. The fraction of sp³-hybridized carbons (Fsp3) is 0.207. The average molecular weight is 473 g/mol. The van der Waals surface area contributed by atoms with Crippen molar-refractivity contribution in [2.75, 3.05) is 10.6 Å². The van der Waals surface area contributed by atoms with Crippen LogP contribution in [0.1, 0.15) is 31.4 Å². The molecule has 0 aliphatic carbocycles. The first-order valence-corrected chi connectivity index (χ1v) is 11.9. The van der Waals surface area contributed by atoms with Crippen LogP contribution in [-0.4, -0.2) is 5.91 Å². The van der Waals surface area contributed by atoms with Crippen LogP contribution >= 0.6 is 11.6 Å². The summed E-state index contributed by atoms with van der Waals surface area (Å²) in [7, 11) is 0. The Balaban J connectivity index is 1.52. The molecule has 0 aromatic heterocycles. The zero-order chi connectivity index (χ0) is 23.9. The van der Waals surface area contributed by atoms with E-state index in [9.17, 15) is 4.79 Å². The van der Waals surface area contributed by atoms with Gasteiger partial charge in [-0.2, -0.15) is 0 Å². The maximum atomic E-state index is 12.2. The van der Waals surface area contributed by atoms with Crippen molar-refractivity contribution in [3.8, 4) is 5.75 Å². The van der Waals surface area contributed by atoms with E-state index in [0.29, 0.717) is 30.5 Å². The van der Waals surface area contributed by atoms with Gasteiger partial charge in [-0.05, 0) is 58.7 Å². The zero-order valence-electron chi connectivity index (χ0n) is 19.5. The number of anilines is 2. The highest BCUT2D eigenvalue weighted by atomic mass is 35.5. The minimum Gasteiger partial charge on any atom is -0.489 e. The number of benzene rings is 4. The third kappa shape index (κ3) is 6.30. The Bertz CT molecular complexity index is 1270. The largest absolute Gasteiger partial charge is 0.489 e. The first-order valence-electron chi connectivity index (χ1n) is 11.5. The van der Waals surface area contributed by atoms with Crippen molar-refractivity contribution in [2.45, 2.75) is 33.4 Å². The summed E-state index contributed by atoms with van der Waals surface area (Å²) in [5.41, 5.74) is 3.86. The van der Waals surface area contributed by atoms with Gasteiger partial charge in [0.05, 0.1) is 0 Å². The predicted molar refractivity (Wildman–Crippen MR) is 142 cm³/mol. The molecule has 0 radical (unpaired) electrons. The van der Waals surface area contributed by atoms with Crippen molar-refractivity contribution < 1.29 is 9.53 Å². The minimum atomic E-state index is 0.0269. The molecule has 4 rings (SSSR count). The van der Waals surface area contributed by atoms with Gasteiger partial charge in [0.15, 0.2) is 0 Å². The lowest BCUT2D eigenvalue weighted by molar-refractivity contribution is -0.116. The summed E-state index contributed by atoms with van der Waals surface area (Å²) in [5.74, 6) is 1.18. The Morgan fingerprint density at radius 2 is 1.68 bits per heavy atom. The zero-order valence-corrected chi connectivity index (χ0v) is 20.2. The predicted octanol–water partition coefficient (Wildman–Crippen LogP) is 7.67. The smallest absolute Gasteiger partial charge is 0.224 e. The van der Waals surface area contributed by atoms with Crippen LogP contribution in [0.25, 0.3) is 10.8 Å². The van der Waals surface area contributed by atoms with Crippen molar-refractivity contribution in [1.82, 2.24) is 0 Å². The highest BCUT2D eigenvalue weighted by Crippen LogP contribution is 2.30. The lowest BCUT2D eigenvalue weighted by Gasteiger charge is -2.16. The Labute approximate surface area is 205 Å². The highest BCUT2D eigenvalue weighted by Gasteiger charge is 2.11. The van der Waals surface area contributed by atoms with Gasteiger partial charge in [-0.15, -0.1) is 0 Å². The minimum absolute atomic E-state index is 0.0269. The van der Waals surface area contributed by atoms with Gasteiger partial charge in [-0.25, -0.2) is 0 Å². The Kier molecular flexibility index (Phi) is 7.71. The fourth-order valence-electron chi connectivity index (χ4n) is 3.86. The van der Waals surface area contributed by atoms with Crippen LogP contribution in [0.5, 0.6) is 5.75 Å². The van der Waals surface area contributed by atoms with E-state index in [0.717, 1.165) is 39.0 Å². The van der Waals surface area contributed by atoms with E-state index >= 15 is 0 Å². The quantitative estimate of drug-likeness (QED) is 0.263. The van der Waals surface area contributed by atoms with Gasteiger partial charge in [0, 0.05) is 34.9 Å². The summed E-state index contributed by atoms with van der Waals surface area (Å²) < 4.78 is 6.23. The standard InChI is InChI=1S/C29H29ClN2O2/c1-20(2)16-29(33)32-25-8-5-7-24(17-25)31-18-27-26-9-4-3-6-22(26)12-15-28(27)34-19-21-10-13-23(30)14-11-21/h3-15,17,20,31H,16,18-19H2,1-2H3,(H,32,33). The molecule has 2 N–H and O–H groups in total. The second kappa shape index (κ2) is 11.1. The van der Waals surface area contributed by atoms with Crippen molar-refractivity contribution in [2.24, 2.45) is 5.92 Å². The molecule has 0 fully saturated rings. The Hall–Kier alpha value is -3.50. The van der Waals surface area contributed by atoms with E-state index in [4.69, 9.17) is 16.3 Å². The number of ether oxygens (including phenoxy) is 1. The SMILES string of the molecule is CC(C)CC(=O)Nc1cccc(NCc2c(OCc3ccc(Cl)cc3)ccc3ccccc23)c1. The van der Waals surface area contributed by atoms with Crippen LogP contribution in [0.15, 0.2) is 84.9 Å². The van der Waals surface area contributed by atoms with Crippen molar-refractivity contribution in [3.63, 3.8) is 0 Å². The number of rotatable bonds is 9. The third-order valence-electron chi connectivity index (χ3n) is 5.51. The molecule has 0 bridgehead atoms. The van der Waals surface area contributed by atoms with Crippen LogP contribution in [0, 0.1) is 5.92 Å². The van der Waals surface area contributed by atoms with E-state index in [2.05, 4.69) is 28.8 Å². The highest BCUT2D eigenvalue weighted by molar-refractivity contribution is 6.30. The molecule has 0 heterocycles. The molecule has 4 aromatic rings. The van der Waals surface area contributed by atoms with Crippen molar-refractivity contribution >= 4 is 39.7 Å². The van der Waals surface area contributed by atoms with Gasteiger partial charge in [0.25, 0.3) is 0 Å². The third-order valence-corrected chi connectivity index (χ3v) is 5.77. The summed E-state index contributed by atoms with van der Waals surface area (Å²) in [6.07, 6.45) is 0.502. The number of fused-ring (bicyclic) bond motifs is 1. The van der Waals surface area contributed by atoms with Gasteiger partial charge in [-0.3, -0.25) is 4.79 Å². The number of carbonyl (C=O) groups excluding carboxylic acids is 1. The molecule has 0 spiro atoms. The van der Waals surface area contributed by atoms with Crippen LogP contribution in [0.2, 0.25) is 5.02 Å². The van der Waals surface area contributed by atoms with E-state index in [1.807, 2.05) is 80.6 Å². The first-order chi connectivity index (χ1) is 16.5. The summed E-state index contributed by atoms with van der Waals surface area (Å²) in [5, 5.41) is 9.50. The van der Waals surface area contributed by atoms with Crippen LogP contribution < -0.4 is 15.4 Å². The second-order valence-corrected chi connectivity index (χ2v) is 9.20. The topological polar surface area (TPSA) is 50.4 Å². The lowest BCUT2D eigenvalue weighted by Crippen LogP contribution is -2.14. The molecule has 0 saturated carbocycles. The molecule has 0 saturated heterocycles. The molecule has 5 heteroatoms. The number of hydrogen-bond acceptors (Lipinski definition) is 3. The molecule has 174 valence electrons. The Morgan fingerprint density at radius 3 is 2.47 bits per heavy atom. The molecular formula is C29H29ClN2O2. The van der Waals surface area contributed by atoms with Gasteiger partial charge in [-0.1, -0.05) is 74.0 Å². The molecule has 0 aliphatic heterocycles. The summed E-state index contributed by atoms with van der Waals surface area (Å²) in [6.45, 7) is 5.11. The average Bonchev–Trinajstić information content (AvgIpc) is 2.82. The second-order valence-electron chi connectivity index (χ2n) is 8.76. The molecule has 4 nitrogen and oxygen atoms in total. The van der Waals surface area contributed by atoms with Crippen LogP contribution in [-0.2, 0) is 17.9 Å². The summed E-state index contributed by atoms with van der Waals surface area (Å²) in [6, 6.07) is 27.9. The van der Waals surface area contributed by atoms with E-state index in [1.54, 1.807) is 0 Å². The van der Waals surface area contributed by atoms with E-state index in [-0.39, 0.29) is 5.91 Å². The molecule has 4 aromatic carbocycles. The van der Waals surface area contributed by atoms with Gasteiger partial charge < -0.3 is 15.4 Å². The first kappa shape index (κ1) is 23.7. The summed E-state index contributed by atoms with van der Waals surface area (Å²) in [4.78, 5) is 12.2. The van der Waals surface area contributed by atoms with Crippen molar-refractivity contribution in [3.05, 3.63) is 101 Å². The van der Waals surface area contributed by atoms with Crippen molar-refractivity contribution in [1.29, 1.82) is 0 Å². The maximum absolute atomic E-state index is 12.2. The Morgan fingerprint density at radius 1 is 0.912 bits per heavy atom. The van der Waals surface area contributed by atoms with Crippen LogP contribution in [0.3, 0.4) is 0 Å². The van der Waals surface area contributed by atoms with Crippen LogP contribution in [0.4, 0.5) is 11.4 Å². The lowest BCUT2D eigenvalue weighted by atomic mass is 10.0. The number of nitrogens with one attached hydrogen (secondary N) is 2.